The van der Waals surface area contributed by atoms with Crippen LogP contribution >= 0.6 is 11.6 Å². The molecule has 0 spiro atoms. The van der Waals surface area contributed by atoms with Crippen LogP contribution in [0.25, 0.3) is 0 Å². The van der Waals surface area contributed by atoms with Crippen molar-refractivity contribution < 1.29 is 24.8 Å². The molecule has 1 saturated heterocycles. The monoisotopic (exact) mass is 407 g/mol. The van der Waals surface area contributed by atoms with Gasteiger partial charge in [0.1, 0.15) is 18.0 Å². The average Bonchev–Trinajstić information content (AvgIpc) is 2.73. The molecule has 0 aromatic heterocycles. The van der Waals surface area contributed by atoms with Crippen molar-refractivity contribution in [2.45, 2.75) is 36.9 Å². The number of nitrogens with one attached hydrogen (secondary N) is 1. The molecular formula is C21H26ClNO5. The Kier molecular flexibility index (Phi) is 6.93. The smallest absolute Gasteiger partial charge is 0.118 e. The standard InChI is InChI=1S/C21H26ClNO5/c1-23-19-18(25)10-15(11-24)28-21(19)13-5-8-17(22)16(9-13)20(26)12-3-6-14(27-2)7-4-12/h3-9,15,18-21,23-26H,10-11H2,1-2H3. The summed E-state index contributed by atoms with van der Waals surface area (Å²) in [7, 11) is 3.34. The van der Waals surface area contributed by atoms with Crippen molar-refractivity contribution in [3.8, 4) is 5.75 Å². The molecule has 152 valence electrons. The van der Waals surface area contributed by atoms with Crippen molar-refractivity contribution in [1.29, 1.82) is 0 Å². The molecule has 0 saturated carbocycles. The molecule has 1 heterocycles. The van der Waals surface area contributed by atoms with Gasteiger partial charge in [0, 0.05) is 17.0 Å². The number of aliphatic hydroxyl groups excluding tert-OH is 3. The molecule has 0 bridgehead atoms. The third-order valence-corrected chi connectivity index (χ3v) is 5.54. The number of benzene rings is 2. The first-order valence-corrected chi connectivity index (χ1v) is 9.59. The Morgan fingerprint density at radius 1 is 1.25 bits per heavy atom. The molecule has 6 nitrogen and oxygen atoms in total. The van der Waals surface area contributed by atoms with Crippen LogP contribution in [0.4, 0.5) is 0 Å². The highest BCUT2D eigenvalue weighted by Crippen LogP contribution is 2.36. The Morgan fingerprint density at radius 2 is 1.96 bits per heavy atom. The van der Waals surface area contributed by atoms with Gasteiger partial charge in [-0.05, 0) is 42.4 Å². The van der Waals surface area contributed by atoms with E-state index in [-0.39, 0.29) is 12.6 Å². The molecule has 2 aromatic rings. The van der Waals surface area contributed by atoms with Gasteiger partial charge in [0.15, 0.2) is 0 Å². The lowest BCUT2D eigenvalue weighted by Crippen LogP contribution is -2.51. The summed E-state index contributed by atoms with van der Waals surface area (Å²) in [6.45, 7) is -0.168. The number of ether oxygens (including phenoxy) is 2. The van der Waals surface area contributed by atoms with Gasteiger partial charge in [-0.1, -0.05) is 29.8 Å². The van der Waals surface area contributed by atoms with Crippen molar-refractivity contribution >= 4 is 11.6 Å². The first-order valence-electron chi connectivity index (χ1n) is 9.21. The number of likely N-dealkylation sites (N-methyl/N-ethyl adjacent to an activating group) is 1. The van der Waals surface area contributed by atoms with E-state index in [2.05, 4.69) is 5.32 Å². The number of hydrogen-bond donors (Lipinski definition) is 4. The number of methoxy groups -OCH3 is 1. The Bertz CT molecular complexity index is 785. The maximum atomic E-state index is 10.9. The van der Waals surface area contributed by atoms with Gasteiger partial charge in [-0.15, -0.1) is 0 Å². The minimum Gasteiger partial charge on any atom is -0.497 e. The van der Waals surface area contributed by atoms with Gasteiger partial charge in [0.25, 0.3) is 0 Å². The maximum Gasteiger partial charge on any atom is 0.118 e. The Hall–Kier alpha value is -1.67. The van der Waals surface area contributed by atoms with E-state index in [9.17, 15) is 15.3 Å². The van der Waals surface area contributed by atoms with Crippen LogP contribution < -0.4 is 10.1 Å². The Balaban J connectivity index is 1.93. The predicted octanol–water partition coefficient (Wildman–Crippen LogP) is 2.20. The molecule has 0 aliphatic carbocycles. The summed E-state index contributed by atoms with van der Waals surface area (Å²) >= 11 is 6.36. The Morgan fingerprint density at radius 3 is 2.57 bits per heavy atom. The molecule has 5 atom stereocenters. The van der Waals surface area contributed by atoms with Gasteiger partial charge < -0.3 is 30.1 Å². The summed E-state index contributed by atoms with van der Waals surface area (Å²) in [5.74, 6) is 0.701. The molecule has 4 N–H and O–H groups in total. The minimum atomic E-state index is -0.923. The van der Waals surface area contributed by atoms with E-state index in [0.717, 1.165) is 5.56 Å². The molecule has 5 unspecified atom stereocenters. The SMILES string of the molecule is CNC1C(O)CC(CO)OC1c1ccc(Cl)c(C(O)c2ccc(OC)cc2)c1. The van der Waals surface area contributed by atoms with Gasteiger partial charge >= 0.3 is 0 Å². The average molecular weight is 408 g/mol. The highest BCUT2D eigenvalue weighted by atomic mass is 35.5. The topological polar surface area (TPSA) is 91.2 Å². The second-order valence-electron chi connectivity index (χ2n) is 6.94. The minimum absolute atomic E-state index is 0.168. The van der Waals surface area contributed by atoms with Crippen LogP contribution in [0.5, 0.6) is 5.75 Å². The van der Waals surface area contributed by atoms with Crippen LogP contribution in [-0.4, -0.2) is 54.3 Å². The van der Waals surface area contributed by atoms with Gasteiger partial charge in [0.05, 0.1) is 32.0 Å². The second-order valence-corrected chi connectivity index (χ2v) is 7.34. The summed E-state index contributed by atoms with van der Waals surface area (Å²) in [6, 6.07) is 12.1. The van der Waals surface area contributed by atoms with Crippen LogP contribution in [0.3, 0.4) is 0 Å². The summed E-state index contributed by atoms with van der Waals surface area (Å²) in [4.78, 5) is 0. The van der Waals surface area contributed by atoms with Crippen molar-refractivity contribution in [3.63, 3.8) is 0 Å². The van der Waals surface area contributed by atoms with Crippen molar-refractivity contribution in [2.24, 2.45) is 0 Å². The number of hydrogen-bond acceptors (Lipinski definition) is 6. The molecule has 0 radical (unpaired) electrons. The van der Waals surface area contributed by atoms with Crippen LogP contribution in [0.1, 0.15) is 35.3 Å². The fraction of sp³-hybridized carbons (Fsp3) is 0.429. The third kappa shape index (κ3) is 4.33. The van der Waals surface area contributed by atoms with Crippen molar-refractivity contribution in [2.75, 3.05) is 20.8 Å². The largest absolute Gasteiger partial charge is 0.497 e. The second kappa shape index (κ2) is 9.22. The molecule has 1 fully saturated rings. The van der Waals surface area contributed by atoms with Gasteiger partial charge in [-0.2, -0.15) is 0 Å². The molecule has 3 rings (SSSR count). The number of halogens is 1. The van der Waals surface area contributed by atoms with E-state index < -0.39 is 24.4 Å². The zero-order valence-corrected chi connectivity index (χ0v) is 16.6. The number of aliphatic hydroxyl groups is 3. The first-order chi connectivity index (χ1) is 13.5. The molecular weight excluding hydrogens is 382 g/mol. The van der Waals surface area contributed by atoms with Crippen LogP contribution in [0, 0.1) is 0 Å². The van der Waals surface area contributed by atoms with E-state index in [1.165, 1.54) is 0 Å². The molecule has 2 aromatic carbocycles. The first kappa shape index (κ1) is 21.0. The lowest BCUT2D eigenvalue weighted by atomic mass is 9.89. The fourth-order valence-electron chi connectivity index (χ4n) is 3.63. The Labute approximate surface area is 169 Å². The molecule has 28 heavy (non-hydrogen) atoms. The lowest BCUT2D eigenvalue weighted by molar-refractivity contribution is -0.132. The van der Waals surface area contributed by atoms with Gasteiger partial charge in [-0.3, -0.25) is 0 Å². The quantitative estimate of drug-likeness (QED) is 0.587. The summed E-state index contributed by atoms with van der Waals surface area (Å²) in [5.41, 5.74) is 2.00. The van der Waals surface area contributed by atoms with Crippen LogP contribution in [-0.2, 0) is 4.74 Å². The van der Waals surface area contributed by atoms with Crippen LogP contribution in [0.15, 0.2) is 42.5 Å². The summed E-state index contributed by atoms with van der Waals surface area (Å²) < 4.78 is 11.1. The van der Waals surface area contributed by atoms with Gasteiger partial charge in [0.2, 0.25) is 0 Å². The van der Waals surface area contributed by atoms with E-state index in [1.54, 1.807) is 50.6 Å². The van der Waals surface area contributed by atoms with E-state index in [1.807, 2.05) is 6.07 Å². The third-order valence-electron chi connectivity index (χ3n) is 5.20. The zero-order valence-electron chi connectivity index (χ0n) is 15.9. The normalized spacial score (nSPS) is 26.1. The zero-order chi connectivity index (χ0) is 20.3. The van der Waals surface area contributed by atoms with Crippen molar-refractivity contribution in [1.82, 2.24) is 5.32 Å². The summed E-state index contributed by atoms with van der Waals surface area (Å²) in [5, 5.41) is 34.3. The molecule has 1 aliphatic rings. The number of rotatable bonds is 6. The highest BCUT2D eigenvalue weighted by Gasteiger charge is 2.38. The van der Waals surface area contributed by atoms with E-state index >= 15 is 0 Å². The van der Waals surface area contributed by atoms with Gasteiger partial charge in [-0.25, -0.2) is 0 Å². The maximum absolute atomic E-state index is 10.9. The molecule has 0 amide bonds. The summed E-state index contributed by atoms with van der Waals surface area (Å²) in [6.07, 6.45) is -2.16. The van der Waals surface area contributed by atoms with E-state index in [0.29, 0.717) is 28.3 Å². The van der Waals surface area contributed by atoms with Crippen molar-refractivity contribution in [3.05, 3.63) is 64.2 Å². The van der Waals surface area contributed by atoms with E-state index in [4.69, 9.17) is 21.1 Å². The fourth-order valence-corrected chi connectivity index (χ4v) is 3.85. The molecule has 7 heteroatoms. The lowest BCUT2D eigenvalue weighted by Gasteiger charge is -2.39. The molecule has 1 aliphatic heterocycles. The highest BCUT2D eigenvalue weighted by molar-refractivity contribution is 6.31. The van der Waals surface area contributed by atoms with Crippen LogP contribution in [0.2, 0.25) is 5.02 Å². The predicted molar refractivity (Wildman–Crippen MR) is 107 cm³/mol.